The van der Waals surface area contributed by atoms with E-state index in [4.69, 9.17) is 32.9 Å². The fraction of sp³-hybridized carbons (Fsp3) is 0.229. The number of esters is 1. The van der Waals surface area contributed by atoms with E-state index in [1.54, 1.807) is 24.5 Å². The van der Waals surface area contributed by atoms with Crippen LogP contribution in [0, 0.1) is 0 Å². The molecule has 0 aliphatic carbocycles. The summed E-state index contributed by atoms with van der Waals surface area (Å²) in [6.45, 7) is 8.65. The van der Waals surface area contributed by atoms with Crippen molar-refractivity contribution in [3.8, 4) is 0 Å². The Hall–Kier alpha value is -3.91. The van der Waals surface area contributed by atoms with Crippen molar-refractivity contribution >= 4 is 57.5 Å². The number of hydrogen-bond donors (Lipinski definition) is 0. The van der Waals surface area contributed by atoms with E-state index in [0.717, 1.165) is 27.6 Å². The van der Waals surface area contributed by atoms with Gasteiger partial charge in [0.05, 0.1) is 38.5 Å². The van der Waals surface area contributed by atoms with Crippen LogP contribution >= 0.6 is 34.5 Å². The van der Waals surface area contributed by atoms with E-state index < -0.39 is 12.0 Å². The Kier molecular flexibility index (Phi) is 8.38. The Morgan fingerprint density at radius 1 is 1.07 bits per heavy atom. The number of benzene rings is 3. The van der Waals surface area contributed by atoms with Gasteiger partial charge in [-0.25, -0.2) is 9.79 Å². The molecule has 0 saturated heterocycles. The number of thiazole rings is 1. The molecular weight excluding hydrogens is 613 g/mol. The number of nitrogens with zero attached hydrogens (tertiary/aromatic N) is 3. The maximum atomic E-state index is 14.2. The first kappa shape index (κ1) is 30.1. The molecule has 0 bridgehead atoms. The molecule has 3 heterocycles. The molecule has 3 aromatic carbocycles. The van der Waals surface area contributed by atoms with Crippen molar-refractivity contribution in [2.75, 3.05) is 6.61 Å². The topological polar surface area (TPSA) is 65.6 Å². The van der Waals surface area contributed by atoms with Gasteiger partial charge >= 0.3 is 5.97 Å². The fourth-order valence-corrected chi connectivity index (χ4v) is 7.03. The highest BCUT2D eigenvalue weighted by atomic mass is 35.5. The lowest BCUT2D eigenvalue weighted by Crippen LogP contribution is -2.39. The van der Waals surface area contributed by atoms with E-state index in [1.165, 1.54) is 16.9 Å². The zero-order chi connectivity index (χ0) is 31.1. The molecule has 0 N–H and O–H groups in total. The normalized spacial score (nSPS) is 15.2. The van der Waals surface area contributed by atoms with E-state index in [0.29, 0.717) is 43.1 Å². The molecule has 2 aromatic heterocycles. The molecule has 5 aromatic rings. The van der Waals surface area contributed by atoms with Crippen molar-refractivity contribution < 1.29 is 9.53 Å². The number of carbonyl (C=O) groups is 1. The maximum Gasteiger partial charge on any atom is 0.338 e. The monoisotopic (exact) mass is 643 g/mol. The first-order chi connectivity index (χ1) is 21.2. The van der Waals surface area contributed by atoms with E-state index in [9.17, 15) is 9.59 Å². The van der Waals surface area contributed by atoms with E-state index >= 15 is 0 Å². The van der Waals surface area contributed by atoms with Crippen molar-refractivity contribution in [3.63, 3.8) is 0 Å². The van der Waals surface area contributed by atoms with Crippen LogP contribution in [0.3, 0.4) is 0 Å². The van der Waals surface area contributed by atoms with E-state index in [1.807, 2.05) is 54.7 Å². The van der Waals surface area contributed by atoms with E-state index in [2.05, 4.69) is 36.6 Å². The number of para-hydroxylation sites is 1. The predicted molar refractivity (Wildman–Crippen MR) is 178 cm³/mol. The zero-order valence-corrected chi connectivity index (χ0v) is 27.1. The first-order valence-electron chi connectivity index (χ1n) is 14.5. The number of carbonyl (C=O) groups excluding carboxylic acids is 1. The summed E-state index contributed by atoms with van der Waals surface area (Å²) in [4.78, 5) is 32.7. The second-order valence-corrected chi connectivity index (χ2v) is 12.9. The highest BCUT2D eigenvalue weighted by Crippen LogP contribution is 2.32. The Labute approximate surface area is 269 Å². The molecule has 1 atom stereocenters. The third kappa shape index (κ3) is 5.56. The smallest absolute Gasteiger partial charge is 0.338 e. The van der Waals surface area contributed by atoms with Gasteiger partial charge in [-0.05, 0) is 60.7 Å². The zero-order valence-electron chi connectivity index (χ0n) is 24.8. The molecule has 1 aliphatic heterocycles. The van der Waals surface area contributed by atoms with Gasteiger partial charge in [0.1, 0.15) is 0 Å². The molecule has 0 spiro atoms. The molecule has 1 unspecified atom stereocenters. The average Bonchev–Trinajstić information content (AvgIpc) is 3.50. The summed E-state index contributed by atoms with van der Waals surface area (Å²) in [5.74, 6) is -0.113. The molecule has 6 nitrogen and oxygen atoms in total. The minimum Gasteiger partial charge on any atom is -0.463 e. The molecular formula is C35H31Cl2N3O3S. The van der Waals surface area contributed by atoms with Crippen LogP contribution in [0.4, 0.5) is 0 Å². The summed E-state index contributed by atoms with van der Waals surface area (Å²) in [7, 11) is 0. The minimum absolute atomic E-state index is 0.206. The second kappa shape index (κ2) is 12.2. The highest BCUT2D eigenvalue weighted by Gasteiger charge is 2.33. The van der Waals surface area contributed by atoms with Gasteiger partial charge in [0.15, 0.2) is 4.80 Å². The molecule has 6 rings (SSSR count). The number of hydrogen-bond acceptors (Lipinski definition) is 5. The van der Waals surface area contributed by atoms with E-state index in [-0.39, 0.29) is 12.2 Å². The third-order valence-corrected chi connectivity index (χ3v) is 9.60. The third-order valence-electron chi connectivity index (χ3n) is 7.88. The molecule has 0 radical (unpaired) electrons. The van der Waals surface area contributed by atoms with Gasteiger partial charge in [-0.3, -0.25) is 9.36 Å². The van der Waals surface area contributed by atoms with Crippen molar-refractivity contribution in [2.45, 2.75) is 46.2 Å². The summed E-state index contributed by atoms with van der Waals surface area (Å²) in [6, 6.07) is 21.1. The van der Waals surface area contributed by atoms with Gasteiger partial charge in [0.2, 0.25) is 0 Å². The van der Waals surface area contributed by atoms with Crippen LogP contribution in [0.15, 0.2) is 94.0 Å². The lowest BCUT2D eigenvalue weighted by atomic mass is 9.93. The SMILES string of the molecule is CCOC(=O)C1=C(C)N=c2s/c(=C/c3cn(Cc4ccc(Cl)c(Cl)c4)c4ccccc34)c(=O)n2C1c1ccc(C(C)C)cc1. The molecule has 224 valence electrons. The first-order valence-corrected chi connectivity index (χ1v) is 16.0. The number of ether oxygens (including phenoxy) is 1. The Morgan fingerprint density at radius 2 is 1.82 bits per heavy atom. The summed E-state index contributed by atoms with van der Waals surface area (Å²) >= 11 is 13.7. The van der Waals surface area contributed by atoms with Crippen molar-refractivity contribution in [1.82, 2.24) is 9.13 Å². The number of halogens is 2. The number of fused-ring (bicyclic) bond motifs is 2. The standard InChI is InChI=1S/C35H31Cl2N3O3S/c1-5-43-34(42)31-21(4)38-35-40(32(31)24-13-11-23(12-14-24)20(2)3)33(41)30(44-35)17-25-19-39(29-9-7-6-8-26(25)29)18-22-10-15-27(36)28(37)16-22/h6-17,19-20,32H,5,18H2,1-4H3/b30-17+. The van der Waals surface area contributed by atoms with Gasteiger partial charge in [-0.15, -0.1) is 0 Å². The Bertz CT molecular complexity index is 2120. The lowest BCUT2D eigenvalue weighted by molar-refractivity contribution is -0.139. The van der Waals surface area contributed by atoms with Gasteiger partial charge in [0, 0.05) is 29.2 Å². The van der Waals surface area contributed by atoms with Gasteiger partial charge in [-0.1, -0.05) is 96.9 Å². The molecule has 0 saturated carbocycles. The van der Waals surface area contributed by atoms with Crippen LogP contribution in [-0.2, 0) is 16.1 Å². The van der Waals surface area contributed by atoms with Crippen LogP contribution in [0.25, 0.3) is 17.0 Å². The number of allylic oxidation sites excluding steroid dienone is 1. The molecule has 9 heteroatoms. The largest absolute Gasteiger partial charge is 0.463 e. The van der Waals surface area contributed by atoms with Crippen LogP contribution < -0.4 is 14.9 Å². The lowest BCUT2D eigenvalue weighted by Gasteiger charge is -2.25. The van der Waals surface area contributed by atoms with Gasteiger partial charge in [0.25, 0.3) is 5.56 Å². The molecule has 44 heavy (non-hydrogen) atoms. The van der Waals surface area contributed by atoms with Crippen LogP contribution in [-0.4, -0.2) is 21.7 Å². The van der Waals surface area contributed by atoms with Crippen LogP contribution in [0.5, 0.6) is 0 Å². The molecule has 1 aliphatic rings. The summed E-state index contributed by atoms with van der Waals surface area (Å²) in [5, 5.41) is 2.04. The average molecular weight is 645 g/mol. The predicted octanol–water partition coefficient (Wildman–Crippen LogP) is 7.23. The van der Waals surface area contributed by atoms with Gasteiger partial charge < -0.3 is 9.30 Å². The van der Waals surface area contributed by atoms with Crippen molar-refractivity contribution in [2.24, 2.45) is 4.99 Å². The molecule has 0 amide bonds. The van der Waals surface area contributed by atoms with Crippen molar-refractivity contribution in [3.05, 3.63) is 136 Å². The minimum atomic E-state index is -0.648. The highest BCUT2D eigenvalue weighted by molar-refractivity contribution is 7.07. The second-order valence-electron chi connectivity index (χ2n) is 11.1. The Balaban J connectivity index is 1.50. The fourth-order valence-electron chi connectivity index (χ4n) is 5.67. The molecule has 0 fully saturated rings. The van der Waals surface area contributed by atoms with Gasteiger partial charge in [-0.2, -0.15) is 0 Å². The quantitative estimate of drug-likeness (QED) is 0.176. The van der Waals surface area contributed by atoms with Crippen molar-refractivity contribution in [1.29, 1.82) is 0 Å². The summed E-state index contributed by atoms with van der Waals surface area (Å²) < 4.78 is 9.74. The van der Waals surface area contributed by atoms with Crippen LogP contribution in [0.1, 0.15) is 61.9 Å². The summed E-state index contributed by atoms with van der Waals surface area (Å²) in [5.41, 5.74) is 5.67. The number of aromatic nitrogens is 2. The summed E-state index contributed by atoms with van der Waals surface area (Å²) in [6.07, 6.45) is 3.96. The Morgan fingerprint density at radius 3 is 2.52 bits per heavy atom. The van der Waals surface area contributed by atoms with Crippen LogP contribution in [0.2, 0.25) is 10.0 Å². The number of rotatable bonds is 7. The maximum absolute atomic E-state index is 14.2.